The van der Waals surface area contributed by atoms with Gasteiger partial charge in [0.2, 0.25) is 0 Å². The Morgan fingerprint density at radius 3 is 2.44 bits per heavy atom. The number of furan rings is 1. The van der Waals surface area contributed by atoms with Gasteiger partial charge in [0.1, 0.15) is 17.1 Å². The molecule has 0 aliphatic carbocycles. The highest BCUT2D eigenvalue weighted by Crippen LogP contribution is 2.19. The van der Waals surface area contributed by atoms with Crippen molar-refractivity contribution in [2.45, 2.75) is 39.8 Å². The lowest BCUT2D eigenvalue weighted by atomic mass is 9.96. The second kappa shape index (κ2) is 9.82. The average Bonchev–Trinajstić information content (AvgIpc) is 2.88. The fraction of sp³-hybridized carbons (Fsp3) is 0.421. The van der Waals surface area contributed by atoms with E-state index in [2.05, 4.69) is 15.6 Å². The maximum atomic E-state index is 10.7. The second-order valence-electron chi connectivity index (χ2n) is 6.13. The summed E-state index contributed by atoms with van der Waals surface area (Å²) in [6.45, 7) is 9.34. The van der Waals surface area contributed by atoms with Crippen LogP contribution < -0.4 is 10.6 Å². The molecule has 1 atom stereocenters. The van der Waals surface area contributed by atoms with E-state index in [0.29, 0.717) is 19.0 Å². The lowest BCUT2D eigenvalue weighted by molar-refractivity contribution is 0.0617. The molecule has 0 fully saturated rings. The van der Waals surface area contributed by atoms with Crippen molar-refractivity contribution in [1.82, 2.24) is 10.6 Å². The maximum Gasteiger partial charge on any atom is 0.191 e. The minimum atomic E-state index is -0.973. The molecule has 2 aromatic rings. The van der Waals surface area contributed by atoms with Crippen LogP contribution in [-0.2, 0) is 12.1 Å². The minimum Gasteiger partial charge on any atom is -0.466 e. The van der Waals surface area contributed by atoms with E-state index in [9.17, 15) is 5.11 Å². The van der Waals surface area contributed by atoms with Crippen LogP contribution in [0.3, 0.4) is 0 Å². The summed E-state index contributed by atoms with van der Waals surface area (Å²) >= 11 is 0. The van der Waals surface area contributed by atoms with Crippen molar-refractivity contribution in [2.24, 2.45) is 4.99 Å². The van der Waals surface area contributed by atoms with E-state index in [1.165, 1.54) is 0 Å². The van der Waals surface area contributed by atoms with E-state index in [0.717, 1.165) is 29.2 Å². The molecule has 0 radical (unpaired) electrons. The molecule has 3 N–H and O–H groups in total. The molecule has 1 aromatic heterocycles. The summed E-state index contributed by atoms with van der Waals surface area (Å²) in [6.07, 6.45) is 0. The Kier molecular flexibility index (Phi) is 8.44. The number of hydrogen-bond donors (Lipinski definition) is 3. The number of aliphatic hydroxyl groups is 1. The lowest BCUT2D eigenvalue weighted by Crippen LogP contribution is -2.44. The smallest absolute Gasteiger partial charge is 0.191 e. The molecule has 2 rings (SSSR count). The molecule has 138 valence electrons. The molecule has 0 saturated carbocycles. The molecule has 0 aliphatic heterocycles. The van der Waals surface area contributed by atoms with Gasteiger partial charge in [-0.05, 0) is 39.3 Å². The van der Waals surface area contributed by atoms with E-state index < -0.39 is 5.60 Å². The van der Waals surface area contributed by atoms with Crippen molar-refractivity contribution in [3.8, 4) is 0 Å². The molecule has 0 spiro atoms. The maximum absolute atomic E-state index is 10.7. The molecular weight excluding hydrogens is 429 g/mol. The Balaban J connectivity index is 0.00000312. The van der Waals surface area contributed by atoms with Crippen molar-refractivity contribution in [2.75, 3.05) is 13.1 Å². The van der Waals surface area contributed by atoms with Crippen LogP contribution >= 0.6 is 24.0 Å². The first-order valence-corrected chi connectivity index (χ1v) is 8.28. The Morgan fingerprint density at radius 1 is 1.20 bits per heavy atom. The zero-order chi connectivity index (χ0) is 17.6. The largest absolute Gasteiger partial charge is 0.466 e. The van der Waals surface area contributed by atoms with Gasteiger partial charge in [-0.2, -0.15) is 0 Å². The number of hydrogen-bond acceptors (Lipinski definition) is 3. The zero-order valence-electron chi connectivity index (χ0n) is 15.3. The van der Waals surface area contributed by atoms with Crippen LogP contribution in [0.2, 0.25) is 0 Å². The third kappa shape index (κ3) is 6.36. The molecule has 0 aliphatic rings. The summed E-state index contributed by atoms with van der Waals surface area (Å²) in [5.41, 5.74) is 0.966. The van der Waals surface area contributed by atoms with Gasteiger partial charge in [0.25, 0.3) is 0 Å². The van der Waals surface area contributed by atoms with Gasteiger partial charge in [0.05, 0.1) is 13.1 Å². The predicted octanol–water partition coefficient (Wildman–Crippen LogP) is 3.48. The quantitative estimate of drug-likeness (QED) is 0.353. The van der Waals surface area contributed by atoms with Crippen molar-refractivity contribution in [3.05, 3.63) is 59.0 Å². The van der Waals surface area contributed by atoms with Crippen LogP contribution in [0.15, 0.2) is 45.8 Å². The number of benzene rings is 1. The first kappa shape index (κ1) is 21.5. The molecule has 5 nitrogen and oxygen atoms in total. The monoisotopic (exact) mass is 457 g/mol. The number of halogens is 1. The van der Waals surface area contributed by atoms with E-state index in [-0.39, 0.29) is 24.0 Å². The molecular formula is C19H28IN3O2. The van der Waals surface area contributed by atoms with E-state index in [4.69, 9.17) is 4.42 Å². The third-order valence-corrected chi connectivity index (χ3v) is 3.89. The minimum absolute atomic E-state index is 0. The van der Waals surface area contributed by atoms with Gasteiger partial charge in [0, 0.05) is 12.1 Å². The number of nitrogens with zero attached hydrogens (tertiary/aromatic N) is 1. The summed E-state index contributed by atoms with van der Waals surface area (Å²) in [4.78, 5) is 4.58. The molecule has 1 heterocycles. The normalized spacial score (nSPS) is 13.7. The summed E-state index contributed by atoms with van der Waals surface area (Å²) in [6, 6.07) is 11.6. The van der Waals surface area contributed by atoms with Crippen LogP contribution in [0.4, 0.5) is 0 Å². The highest BCUT2D eigenvalue weighted by molar-refractivity contribution is 14.0. The van der Waals surface area contributed by atoms with Crippen LogP contribution in [0.25, 0.3) is 0 Å². The van der Waals surface area contributed by atoms with E-state index in [1.807, 2.05) is 57.2 Å². The number of aliphatic imine (C=N–C) groups is 1. The molecule has 1 aromatic carbocycles. The van der Waals surface area contributed by atoms with Gasteiger partial charge in [-0.25, -0.2) is 4.99 Å². The number of rotatable bonds is 6. The standard InChI is InChI=1S/C19H27N3O2.HI/c1-5-20-18(21-12-16-11-14(2)24-15(16)3)22-13-19(4,23)17-9-7-6-8-10-17;/h6-11,23H,5,12-13H2,1-4H3,(H2,20,21,22);1H. The van der Waals surface area contributed by atoms with Gasteiger partial charge in [0.15, 0.2) is 5.96 Å². The van der Waals surface area contributed by atoms with Crippen LogP contribution in [0.5, 0.6) is 0 Å². The van der Waals surface area contributed by atoms with Gasteiger partial charge in [-0.15, -0.1) is 24.0 Å². The van der Waals surface area contributed by atoms with Crippen molar-refractivity contribution >= 4 is 29.9 Å². The molecule has 25 heavy (non-hydrogen) atoms. The Hall–Kier alpha value is -1.54. The summed E-state index contributed by atoms with van der Waals surface area (Å²) in [5.74, 6) is 2.46. The third-order valence-electron chi connectivity index (χ3n) is 3.89. The molecule has 0 saturated heterocycles. The summed E-state index contributed by atoms with van der Waals surface area (Å²) < 4.78 is 5.53. The van der Waals surface area contributed by atoms with Crippen LogP contribution in [-0.4, -0.2) is 24.2 Å². The molecule has 1 unspecified atom stereocenters. The highest BCUT2D eigenvalue weighted by atomic mass is 127. The van der Waals surface area contributed by atoms with E-state index in [1.54, 1.807) is 6.92 Å². The number of aryl methyl sites for hydroxylation is 2. The van der Waals surface area contributed by atoms with Crippen molar-refractivity contribution in [3.63, 3.8) is 0 Å². The molecule has 0 amide bonds. The Labute approximate surface area is 167 Å². The topological polar surface area (TPSA) is 69.8 Å². The van der Waals surface area contributed by atoms with Crippen molar-refractivity contribution < 1.29 is 9.52 Å². The summed E-state index contributed by atoms with van der Waals surface area (Å²) in [7, 11) is 0. The SMILES string of the molecule is CCNC(=NCc1cc(C)oc1C)NCC(C)(O)c1ccccc1.I. The Bertz CT molecular complexity index is 681. The lowest BCUT2D eigenvalue weighted by Gasteiger charge is -2.25. The van der Waals surface area contributed by atoms with Crippen LogP contribution in [0, 0.1) is 13.8 Å². The number of nitrogens with one attached hydrogen (secondary N) is 2. The Morgan fingerprint density at radius 2 is 1.88 bits per heavy atom. The summed E-state index contributed by atoms with van der Waals surface area (Å²) in [5, 5.41) is 17.1. The fourth-order valence-corrected chi connectivity index (χ4v) is 2.50. The molecule has 6 heteroatoms. The first-order chi connectivity index (χ1) is 11.4. The van der Waals surface area contributed by atoms with Gasteiger partial charge in [-0.1, -0.05) is 30.3 Å². The van der Waals surface area contributed by atoms with Gasteiger partial charge in [-0.3, -0.25) is 0 Å². The highest BCUT2D eigenvalue weighted by Gasteiger charge is 2.22. The van der Waals surface area contributed by atoms with Crippen LogP contribution in [0.1, 0.15) is 36.5 Å². The van der Waals surface area contributed by atoms with E-state index >= 15 is 0 Å². The number of guanidine groups is 1. The predicted molar refractivity (Wildman–Crippen MR) is 112 cm³/mol. The molecule has 0 bridgehead atoms. The van der Waals surface area contributed by atoms with Crippen molar-refractivity contribution in [1.29, 1.82) is 0 Å². The van der Waals surface area contributed by atoms with Gasteiger partial charge >= 0.3 is 0 Å². The average molecular weight is 457 g/mol. The second-order valence-corrected chi connectivity index (χ2v) is 6.13. The fourth-order valence-electron chi connectivity index (χ4n) is 2.50. The zero-order valence-corrected chi connectivity index (χ0v) is 17.6. The first-order valence-electron chi connectivity index (χ1n) is 8.28. The van der Waals surface area contributed by atoms with Gasteiger partial charge < -0.3 is 20.2 Å².